The molecular formula is C6H8BrNS. The minimum absolute atomic E-state index is 0. The fraction of sp³-hybridized carbons (Fsp3) is 0.167. The van der Waals surface area contributed by atoms with E-state index >= 15 is 0 Å². The number of nitrogens with zero attached hydrogens (tertiary/aromatic N) is 1. The molecule has 3 heteroatoms. The fourth-order valence-corrected chi connectivity index (χ4v) is 1.18. The molecule has 0 fully saturated rings. The highest BCUT2D eigenvalue weighted by atomic mass is 79.9. The number of aromatic nitrogens is 1. The van der Waals surface area contributed by atoms with Crippen molar-refractivity contribution in [3.8, 4) is 0 Å². The van der Waals surface area contributed by atoms with Gasteiger partial charge in [0.25, 0.3) is 0 Å². The van der Waals surface area contributed by atoms with E-state index < -0.39 is 0 Å². The topological polar surface area (TPSA) is 3.88 Å². The van der Waals surface area contributed by atoms with Gasteiger partial charge in [0.05, 0.1) is 4.88 Å². The van der Waals surface area contributed by atoms with Crippen LogP contribution in [-0.2, 0) is 7.05 Å². The summed E-state index contributed by atoms with van der Waals surface area (Å²) in [5.74, 6) is 0. The molecule has 0 unspecified atom stereocenters. The summed E-state index contributed by atoms with van der Waals surface area (Å²) in [6.45, 7) is 3.64. The van der Waals surface area contributed by atoms with E-state index in [0.29, 0.717) is 0 Å². The molecule has 1 aromatic heterocycles. The number of aryl methyl sites for hydroxylation is 1. The smallest absolute Gasteiger partial charge is 0.225 e. The van der Waals surface area contributed by atoms with Gasteiger partial charge in [-0.2, -0.15) is 4.57 Å². The van der Waals surface area contributed by atoms with E-state index in [1.165, 1.54) is 4.88 Å². The Morgan fingerprint density at radius 2 is 2.44 bits per heavy atom. The minimum atomic E-state index is 0. The van der Waals surface area contributed by atoms with Crippen LogP contribution >= 0.6 is 11.3 Å². The highest BCUT2D eigenvalue weighted by molar-refractivity contribution is 7.10. The lowest BCUT2D eigenvalue weighted by atomic mass is 10.5. The van der Waals surface area contributed by atoms with Crippen LogP contribution in [0.25, 0.3) is 6.08 Å². The van der Waals surface area contributed by atoms with Gasteiger partial charge in [-0.25, -0.2) is 0 Å². The standard InChI is InChI=1S/C6H8NS.BrH/c1-3-6-4-7(2)5-8-6;/h3-5H,1H2,2H3;1H/q+1;/p-1. The van der Waals surface area contributed by atoms with Crippen LogP contribution in [0, 0.1) is 0 Å². The zero-order chi connectivity index (χ0) is 5.98. The molecule has 0 saturated heterocycles. The molecule has 0 amide bonds. The Morgan fingerprint density at radius 1 is 1.78 bits per heavy atom. The third kappa shape index (κ3) is 2.28. The fourth-order valence-electron chi connectivity index (χ4n) is 0.506. The van der Waals surface area contributed by atoms with E-state index in [0.717, 1.165) is 0 Å². The summed E-state index contributed by atoms with van der Waals surface area (Å²) in [6.07, 6.45) is 3.89. The lowest BCUT2D eigenvalue weighted by Gasteiger charge is -1.68. The summed E-state index contributed by atoms with van der Waals surface area (Å²) in [6, 6.07) is 0. The van der Waals surface area contributed by atoms with Crippen molar-refractivity contribution >= 4 is 17.4 Å². The van der Waals surface area contributed by atoms with E-state index in [1.807, 2.05) is 29.4 Å². The van der Waals surface area contributed by atoms with Crippen LogP contribution in [0.4, 0.5) is 0 Å². The first-order valence-corrected chi connectivity index (χ1v) is 3.27. The molecule has 1 heterocycles. The summed E-state index contributed by atoms with van der Waals surface area (Å²) in [7, 11) is 2.00. The van der Waals surface area contributed by atoms with Crippen LogP contribution in [0.15, 0.2) is 18.3 Å². The number of rotatable bonds is 1. The van der Waals surface area contributed by atoms with Crippen molar-refractivity contribution in [3.63, 3.8) is 0 Å². The molecule has 0 aliphatic heterocycles. The molecule has 0 aromatic carbocycles. The van der Waals surface area contributed by atoms with Crippen molar-refractivity contribution in [3.05, 3.63) is 23.2 Å². The molecule has 0 saturated carbocycles. The molecule has 9 heavy (non-hydrogen) atoms. The number of halogens is 1. The number of thiazole rings is 1. The van der Waals surface area contributed by atoms with Crippen LogP contribution in [0.5, 0.6) is 0 Å². The maximum Gasteiger partial charge on any atom is 0.225 e. The second kappa shape index (κ2) is 3.80. The van der Waals surface area contributed by atoms with Crippen molar-refractivity contribution < 1.29 is 21.5 Å². The second-order valence-corrected chi connectivity index (χ2v) is 2.54. The molecule has 1 aromatic rings. The maximum absolute atomic E-state index is 3.64. The van der Waals surface area contributed by atoms with Crippen LogP contribution < -0.4 is 21.5 Å². The molecule has 1 nitrogen and oxygen atoms in total. The zero-order valence-electron chi connectivity index (χ0n) is 5.17. The molecule has 0 N–H and O–H groups in total. The van der Waals surface area contributed by atoms with Crippen molar-refractivity contribution in [2.24, 2.45) is 7.05 Å². The van der Waals surface area contributed by atoms with Gasteiger partial charge < -0.3 is 17.0 Å². The Labute approximate surface area is 69.4 Å². The third-order valence-corrected chi connectivity index (χ3v) is 1.87. The molecule has 0 atom stereocenters. The van der Waals surface area contributed by atoms with Gasteiger partial charge in [0.2, 0.25) is 5.51 Å². The predicted molar refractivity (Wildman–Crippen MR) is 35.6 cm³/mol. The van der Waals surface area contributed by atoms with Crippen molar-refractivity contribution in [1.29, 1.82) is 0 Å². The first kappa shape index (κ1) is 8.85. The van der Waals surface area contributed by atoms with Crippen LogP contribution in [-0.4, -0.2) is 0 Å². The Hall–Kier alpha value is -0.150. The Bertz CT molecular complexity index is 195. The maximum atomic E-state index is 3.64. The van der Waals surface area contributed by atoms with Crippen molar-refractivity contribution in [1.82, 2.24) is 0 Å². The predicted octanol–water partition coefficient (Wildman–Crippen LogP) is -1.78. The first-order chi connectivity index (χ1) is 3.83. The minimum Gasteiger partial charge on any atom is -1.00 e. The van der Waals surface area contributed by atoms with Gasteiger partial charge in [-0.05, 0) is 6.08 Å². The number of hydrogen-bond donors (Lipinski definition) is 0. The van der Waals surface area contributed by atoms with Gasteiger partial charge in [0.1, 0.15) is 7.05 Å². The average molecular weight is 206 g/mol. The van der Waals surface area contributed by atoms with Crippen molar-refractivity contribution in [2.75, 3.05) is 0 Å². The molecule has 0 aliphatic rings. The van der Waals surface area contributed by atoms with Gasteiger partial charge in [0, 0.05) is 0 Å². The van der Waals surface area contributed by atoms with Gasteiger partial charge in [0.15, 0.2) is 6.20 Å². The SMILES string of the molecule is C=Cc1c[n+](C)cs1.[Br-]. The number of hydrogen-bond acceptors (Lipinski definition) is 1. The van der Waals surface area contributed by atoms with Crippen LogP contribution in [0.1, 0.15) is 4.88 Å². The second-order valence-electron chi connectivity index (χ2n) is 1.62. The van der Waals surface area contributed by atoms with Gasteiger partial charge in [-0.15, -0.1) is 0 Å². The summed E-state index contributed by atoms with van der Waals surface area (Å²) in [5.41, 5.74) is 2.04. The summed E-state index contributed by atoms with van der Waals surface area (Å²) < 4.78 is 2.02. The van der Waals surface area contributed by atoms with E-state index in [9.17, 15) is 0 Å². The van der Waals surface area contributed by atoms with Crippen LogP contribution in [0.3, 0.4) is 0 Å². The molecule has 1 rings (SSSR count). The summed E-state index contributed by atoms with van der Waals surface area (Å²) in [4.78, 5) is 1.22. The Kier molecular flexibility index (Phi) is 3.73. The highest BCUT2D eigenvalue weighted by Crippen LogP contribution is 2.03. The van der Waals surface area contributed by atoms with Crippen LogP contribution in [0.2, 0.25) is 0 Å². The lowest BCUT2D eigenvalue weighted by Crippen LogP contribution is -3.00. The van der Waals surface area contributed by atoms with E-state index in [4.69, 9.17) is 0 Å². The summed E-state index contributed by atoms with van der Waals surface area (Å²) >= 11 is 1.69. The third-order valence-electron chi connectivity index (χ3n) is 0.887. The van der Waals surface area contributed by atoms with E-state index in [1.54, 1.807) is 11.3 Å². The molecule has 0 bridgehead atoms. The Morgan fingerprint density at radius 3 is 2.67 bits per heavy atom. The lowest BCUT2D eigenvalue weighted by molar-refractivity contribution is -0.666. The molecule has 50 valence electrons. The van der Waals surface area contributed by atoms with E-state index in [-0.39, 0.29) is 17.0 Å². The quantitative estimate of drug-likeness (QED) is 0.478. The highest BCUT2D eigenvalue weighted by Gasteiger charge is 1.94. The molecule has 0 spiro atoms. The average Bonchev–Trinajstić information content (AvgIpc) is 2.14. The molecule has 0 radical (unpaired) electrons. The molecular weight excluding hydrogens is 198 g/mol. The summed E-state index contributed by atoms with van der Waals surface area (Å²) in [5, 5.41) is 0. The largest absolute Gasteiger partial charge is 1.00 e. The van der Waals surface area contributed by atoms with Gasteiger partial charge in [-0.1, -0.05) is 17.9 Å². The zero-order valence-corrected chi connectivity index (χ0v) is 7.58. The van der Waals surface area contributed by atoms with Gasteiger partial charge >= 0.3 is 0 Å². The van der Waals surface area contributed by atoms with Gasteiger partial charge in [-0.3, -0.25) is 0 Å². The normalized spacial score (nSPS) is 8.11. The monoisotopic (exact) mass is 205 g/mol. The van der Waals surface area contributed by atoms with Crippen molar-refractivity contribution in [2.45, 2.75) is 0 Å². The molecule has 0 aliphatic carbocycles. The van der Waals surface area contributed by atoms with E-state index in [2.05, 4.69) is 6.58 Å². The Balaban J connectivity index is 0.000000640. The first-order valence-electron chi connectivity index (χ1n) is 2.39.